The summed E-state index contributed by atoms with van der Waals surface area (Å²) in [6.07, 6.45) is 3.38. The third-order valence-corrected chi connectivity index (χ3v) is 4.46. The number of carboxylic acid groups (broad SMARTS) is 1. The number of nitrogens with zero attached hydrogens (tertiary/aromatic N) is 1. The fourth-order valence-electron chi connectivity index (χ4n) is 2.49. The van der Waals surface area contributed by atoms with E-state index in [1.54, 1.807) is 16.7 Å². The van der Waals surface area contributed by atoms with Gasteiger partial charge in [-0.3, -0.25) is 9.59 Å². The molecule has 1 N–H and O–H groups in total. The van der Waals surface area contributed by atoms with Gasteiger partial charge in [0.2, 0.25) is 0 Å². The number of carbonyl (C=O) groups is 2. The first-order valence-electron chi connectivity index (χ1n) is 6.69. The van der Waals surface area contributed by atoms with Crippen molar-refractivity contribution < 1.29 is 14.7 Å². The van der Waals surface area contributed by atoms with Crippen molar-refractivity contribution in [1.29, 1.82) is 0 Å². The average Bonchev–Trinajstić information content (AvgIpc) is 2.47. The Labute approximate surface area is 123 Å². The van der Waals surface area contributed by atoms with Gasteiger partial charge in [-0.2, -0.15) is 0 Å². The van der Waals surface area contributed by atoms with Gasteiger partial charge in [0.1, 0.15) is 0 Å². The van der Waals surface area contributed by atoms with Gasteiger partial charge in [-0.15, -0.1) is 11.8 Å². The summed E-state index contributed by atoms with van der Waals surface area (Å²) < 4.78 is 0. The van der Waals surface area contributed by atoms with Crippen LogP contribution >= 0.6 is 11.8 Å². The van der Waals surface area contributed by atoms with E-state index in [0.717, 1.165) is 16.9 Å². The molecule has 1 amide bonds. The third kappa shape index (κ3) is 3.15. The highest BCUT2D eigenvalue weighted by atomic mass is 32.2. The normalized spacial score (nSPS) is 18.9. The molecule has 1 aliphatic rings. The lowest BCUT2D eigenvalue weighted by molar-refractivity contribution is -0.143. The van der Waals surface area contributed by atoms with Crippen LogP contribution in [-0.4, -0.2) is 41.2 Å². The Morgan fingerprint density at radius 2 is 2.15 bits per heavy atom. The first-order chi connectivity index (χ1) is 9.52. The van der Waals surface area contributed by atoms with Gasteiger partial charge in [-0.25, -0.2) is 0 Å². The zero-order valence-electron chi connectivity index (χ0n) is 11.8. The maximum atomic E-state index is 12.6. The number of amides is 1. The van der Waals surface area contributed by atoms with E-state index in [2.05, 4.69) is 0 Å². The van der Waals surface area contributed by atoms with Crippen LogP contribution in [0.4, 0.5) is 0 Å². The second kappa shape index (κ2) is 6.31. The minimum atomic E-state index is -0.808. The van der Waals surface area contributed by atoms with E-state index < -0.39 is 11.9 Å². The van der Waals surface area contributed by atoms with Gasteiger partial charge >= 0.3 is 5.97 Å². The van der Waals surface area contributed by atoms with Gasteiger partial charge in [0.15, 0.2) is 0 Å². The van der Waals surface area contributed by atoms with Crippen molar-refractivity contribution in [2.45, 2.75) is 24.7 Å². The summed E-state index contributed by atoms with van der Waals surface area (Å²) in [5, 5.41) is 9.10. The van der Waals surface area contributed by atoms with Crippen LogP contribution in [0, 0.1) is 12.8 Å². The third-order valence-electron chi connectivity index (χ3n) is 3.73. The molecule has 1 atom stereocenters. The van der Waals surface area contributed by atoms with Crippen molar-refractivity contribution >= 4 is 23.6 Å². The molecule has 0 bridgehead atoms. The quantitative estimate of drug-likeness (QED) is 0.870. The van der Waals surface area contributed by atoms with Gasteiger partial charge in [0.25, 0.3) is 5.91 Å². The number of carboxylic acids is 1. The monoisotopic (exact) mass is 293 g/mol. The van der Waals surface area contributed by atoms with Crippen LogP contribution in [0.25, 0.3) is 0 Å². The second-order valence-corrected chi connectivity index (χ2v) is 5.99. The highest BCUT2D eigenvalue weighted by Gasteiger charge is 2.29. The summed E-state index contributed by atoms with van der Waals surface area (Å²) in [4.78, 5) is 26.4. The molecule has 20 heavy (non-hydrogen) atoms. The van der Waals surface area contributed by atoms with Gasteiger partial charge in [-0.1, -0.05) is 6.07 Å². The van der Waals surface area contributed by atoms with E-state index in [0.29, 0.717) is 25.1 Å². The fraction of sp³-hybridized carbons (Fsp3) is 0.467. The number of aryl methyl sites for hydroxylation is 1. The summed E-state index contributed by atoms with van der Waals surface area (Å²) >= 11 is 1.60. The number of thioether (sulfide) groups is 1. The SMILES string of the molecule is CSc1ccc(C)c(C(=O)N2CCCC(C(=O)O)C2)c1. The number of aliphatic carboxylic acids is 1. The van der Waals surface area contributed by atoms with Crippen LogP contribution in [0.15, 0.2) is 23.1 Å². The van der Waals surface area contributed by atoms with Crippen LogP contribution in [0.5, 0.6) is 0 Å². The molecule has 1 saturated heterocycles. The van der Waals surface area contributed by atoms with E-state index in [4.69, 9.17) is 5.11 Å². The lowest BCUT2D eigenvalue weighted by Gasteiger charge is -2.31. The summed E-state index contributed by atoms with van der Waals surface area (Å²) in [6, 6.07) is 5.83. The van der Waals surface area contributed by atoms with Gasteiger partial charge < -0.3 is 10.0 Å². The first-order valence-corrected chi connectivity index (χ1v) is 7.92. The Morgan fingerprint density at radius 3 is 2.80 bits per heavy atom. The summed E-state index contributed by atoms with van der Waals surface area (Å²) in [5.41, 5.74) is 1.62. The summed E-state index contributed by atoms with van der Waals surface area (Å²) in [6.45, 7) is 2.87. The highest BCUT2D eigenvalue weighted by molar-refractivity contribution is 7.98. The molecule has 108 valence electrons. The average molecular weight is 293 g/mol. The molecule has 1 unspecified atom stereocenters. The molecule has 1 aromatic rings. The van der Waals surface area contributed by atoms with Crippen LogP contribution in [0.2, 0.25) is 0 Å². The molecule has 0 aliphatic carbocycles. The molecular formula is C15H19NO3S. The Kier molecular flexibility index (Phi) is 4.70. The first kappa shape index (κ1) is 14.9. The number of hydrogen-bond donors (Lipinski definition) is 1. The van der Waals surface area contributed by atoms with Gasteiger partial charge in [-0.05, 0) is 43.7 Å². The lowest BCUT2D eigenvalue weighted by Crippen LogP contribution is -2.42. The molecule has 1 aliphatic heterocycles. The zero-order chi connectivity index (χ0) is 14.7. The van der Waals surface area contributed by atoms with E-state index >= 15 is 0 Å². The second-order valence-electron chi connectivity index (χ2n) is 5.11. The predicted octanol–water partition coefficient (Wildman–Crippen LogP) is 2.65. The molecule has 0 spiro atoms. The van der Waals surface area contributed by atoms with Crippen LogP contribution in [0.1, 0.15) is 28.8 Å². The van der Waals surface area contributed by atoms with Crippen LogP contribution in [0.3, 0.4) is 0 Å². The van der Waals surface area contributed by atoms with Crippen molar-refractivity contribution in [1.82, 2.24) is 4.90 Å². The molecule has 1 heterocycles. The van der Waals surface area contributed by atoms with E-state index in [9.17, 15) is 9.59 Å². The Hall–Kier alpha value is -1.49. The van der Waals surface area contributed by atoms with Crippen molar-refractivity contribution in [2.75, 3.05) is 19.3 Å². The Morgan fingerprint density at radius 1 is 1.40 bits per heavy atom. The number of benzene rings is 1. The van der Waals surface area contributed by atoms with Crippen LogP contribution in [-0.2, 0) is 4.79 Å². The molecule has 4 nitrogen and oxygen atoms in total. The van der Waals surface area contributed by atoms with E-state index in [1.165, 1.54) is 0 Å². The zero-order valence-corrected chi connectivity index (χ0v) is 12.6. The van der Waals surface area contributed by atoms with E-state index in [-0.39, 0.29) is 5.91 Å². The van der Waals surface area contributed by atoms with Crippen LogP contribution < -0.4 is 0 Å². The highest BCUT2D eigenvalue weighted by Crippen LogP contribution is 2.23. The number of rotatable bonds is 3. The van der Waals surface area contributed by atoms with Gasteiger partial charge in [0.05, 0.1) is 5.92 Å². The molecule has 0 saturated carbocycles. The molecule has 5 heteroatoms. The lowest BCUT2D eigenvalue weighted by atomic mass is 9.97. The summed E-state index contributed by atoms with van der Waals surface area (Å²) in [5.74, 6) is -1.29. The minimum Gasteiger partial charge on any atom is -0.481 e. The molecule has 1 aromatic carbocycles. The van der Waals surface area contributed by atoms with E-state index in [1.807, 2.05) is 31.4 Å². The smallest absolute Gasteiger partial charge is 0.308 e. The number of carbonyl (C=O) groups excluding carboxylic acids is 1. The molecule has 0 radical (unpaired) electrons. The predicted molar refractivity (Wildman–Crippen MR) is 79.2 cm³/mol. The standard InChI is InChI=1S/C15H19NO3S/c1-10-5-6-12(20-2)8-13(10)14(17)16-7-3-4-11(9-16)15(18)19/h5-6,8,11H,3-4,7,9H2,1-2H3,(H,18,19). The Balaban J connectivity index is 2.20. The number of piperidine rings is 1. The van der Waals surface area contributed by atoms with Crippen molar-refractivity contribution in [3.05, 3.63) is 29.3 Å². The maximum absolute atomic E-state index is 12.6. The molecule has 0 aromatic heterocycles. The largest absolute Gasteiger partial charge is 0.481 e. The number of hydrogen-bond acceptors (Lipinski definition) is 3. The Bertz CT molecular complexity index is 530. The summed E-state index contributed by atoms with van der Waals surface area (Å²) in [7, 11) is 0. The molecular weight excluding hydrogens is 274 g/mol. The van der Waals surface area contributed by atoms with Crippen molar-refractivity contribution in [2.24, 2.45) is 5.92 Å². The number of likely N-dealkylation sites (tertiary alicyclic amines) is 1. The minimum absolute atomic E-state index is 0.0515. The van der Waals surface area contributed by atoms with Crippen molar-refractivity contribution in [3.63, 3.8) is 0 Å². The van der Waals surface area contributed by atoms with Gasteiger partial charge in [0, 0.05) is 23.5 Å². The molecule has 1 fully saturated rings. The maximum Gasteiger partial charge on any atom is 0.308 e. The topological polar surface area (TPSA) is 57.6 Å². The van der Waals surface area contributed by atoms with Crippen molar-refractivity contribution in [3.8, 4) is 0 Å². The molecule has 2 rings (SSSR count). The fourth-order valence-corrected chi connectivity index (χ4v) is 2.93.